The van der Waals surface area contributed by atoms with Gasteiger partial charge in [-0.2, -0.15) is 0 Å². The van der Waals surface area contributed by atoms with Gasteiger partial charge in [-0.05, 0) is 25.3 Å². The van der Waals surface area contributed by atoms with E-state index in [1.54, 1.807) is 7.11 Å². The third-order valence-corrected chi connectivity index (χ3v) is 4.26. The number of rotatable bonds is 5. The van der Waals surface area contributed by atoms with Crippen molar-refractivity contribution in [1.82, 2.24) is 0 Å². The summed E-state index contributed by atoms with van der Waals surface area (Å²) in [6, 6.07) is 10.0. The Kier molecular flexibility index (Phi) is 4.38. The van der Waals surface area contributed by atoms with Crippen LogP contribution in [-0.4, -0.2) is 25.8 Å². The average molecular weight is 262 g/mol. The van der Waals surface area contributed by atoms with Crippen LogP contribution in [0.3, 0.4) is 0 Å². The van der Waals surface area contributed by atoms with Crippen molar-refractivity contribution in [2.75, 3.05) is 13.7 Å². The lowest BCUT2D eigenvalue weighted by molar-refractivity contribution is -0.240. The number of carbonyl (C=O) groups excluding carboxylic acids is 1. The molecule has 1 aromatic rings. The first-order valence-electron chi connectivity index (χ1n) is 6.91. The summed E-state index contributed by atoms with van der Waals surface area (Å²) in [5.74, 6) is -0.504. The minimum absolute atomic E-state index is 0.375. The van der Waals surface area contributed by atoms with Gasteiger partial charge in [-0.25, -0.2) is 0 Å². The molecular formula is C16H22O3. The average Bonchev–Trinajstić information content (AvgIpc) is 2.49. The van der Waals surface area contributed by atoms with Crippen molar-refractivity contribution >= 4 is 6.29 Å². The Balaban J connectivity index is 2.18. The van der Waals surface area contributed by atoms with E-state index >= 15 is 0 Å². The molecule has 3 heteroatoms. The van der Waals surface area contributed by atoms with Gasteiger partial charge in [0.1, 0.15) is 6.29 Å². The molecule has 1 aliphatic carbocycles. The fourth-order valence-corrected chi connectivity index (χ4v) is 2.99. The van der Waals surface area contributed by atoms with E-state index in [-0.39, 0.29) is 5.41 Å². The molecule has 0 amide bonds. The Morgan fingerprint density at radius 3 is 2.26 bits per heavy atom. The van der Waals surface area contributed by atoms with Gasteiger partial charge in [0.25, 0.3) is 0 Å². The van der Waals surface area contributed by atoms with Gasteiger partial charge in [0.15, 0.2) is 5.79 Å². The molecule has 0 unspecified atom stereocenters. The maximum absolute atomic E-state index is 11.7. The van der Waals surface area contributed by atoms with Crippen LogP contribution in [0.5, 0.6) is 0 Å². The second kappa shape index (κ2) is 5.85. The molecule has 0 spiro atoms. The SMILES string of the molecule is CCOC1(OC)CCC(C=O)(c2ccccc2)CC1. The first kappa shape index (κ1) is 14.2. The predicted molar refractivity (Wildman–Crippen MR) is 74.0 cm³/mol. The van der Waals surface area contributed by atoms with E-state index in [1.807, 2.05) is 37.3 Å². The summed E-state index contributed by atoms with van der Waals surface area (Å²) in [6.07, 6.45) is 4.16. The van der Waals surface area contributed by atoms with Crippen molar-refractivity contribution in [1.29, 1.82) is 0 Å². The van der Waals surface area contributed by atoms with Gasteiger partial charge in [0.05, 0.1) is 5.41 Å². The van der Waals surface area contributed by atoms with Gasteiger partial charge >= 0.3 is 0 Å². The number of hydrogen-bond donors (Lipinski definition) is 0. The standard InChI is InChI=1S/C16H22O3/c1-3-19-16(18-2)11-9-15(13-17,10-12-16)14-7-5-4-6-8-14/h4-8,13H,3,9-12H2,1-2H3. The molecule has 0 atom stereocenters. The van der Waals surface area contributed by atoms with E-state index in [0.717, 1.165) is 37.5 Å². The van der Waals surface area contributed by atoms with Crippen molar-refractivity contribution in [3.63, 3.8) is 0 Å². The highest BCUT2D eigenvalue weighted by molar-refractivity contribution is 5.68. The van der Waals surface area contributed by atoms with Gasteiger partial charge in [-0.3, -0.25) is 0 Å². The maximum Gasteiger partial charge on any atom is 0.167 e. The molecule has 2 rings (SSSR count). The lowest BCUT2D eigenvalue weighted by atomic mass is 9.68. The van der Waals surface area contributed by atoms with Crippen LogP contribution < -0.4 is 0 Å². The molecule has 0 N–H and O–H groups in total. The molecule has 1 aromatic carbocycles. The number of hydrogen-bond acceptors (Lipinski definition) is 3. The second-order valence-electron chi connectivity index (χ2n) is 5.19. The summed E-state index contributed by atoms with van der Waals surface area (Å²) < 4.78 is 11.3. The molecule has 0 saturated heterocycles. The lowest BCUT2D eigenvalue weighted by Crippen LogP contribution is -2.45. The van der Waals surface area contributed by atoms with Crippen molar-refractivity contribution in [2.24, 2.45) is 0 Å². The maximum atomic E-state index is 11.7. The first-order valence-corrected chi connectivity index (χ1v) is 6.91. The highest BCUT2D eigenvalue weighted by Gasteiger charge is 2.44. The number of benzene rings is 1. The fourth-order valence-electron chi connectivity index (χ4n) is 2.99. The van der Waals surface area contributed by atoms with Crippen LogP contribution in [0.25, 0.3) is 0 Å². The van der Waals surface area contributed by atoms with Crippen molar-refractivity contribution in [3.8, 4) is 0 Å². The van der Waals surface area contributed by atoms with Crippen molar-refractivity contribution in [3.05, 3.63) is 35.9 Å². The molecule has 0 aromatic heterocycles. The summed E-state index contributed by atoms with van der Waals surface area (Å²) in [7, 11) is 1.69. The Bertz CT molecular complexity index is 405. The smallest absolute Gasteiger partial charge is 0.167 e. The van der Waals surface area contributed by atoms with Crippen LogP contribution in [-0.2, 0) is 19.7 Å². The zero-order valence-corrected chi connectivity index (χ0v) is 11.7. The minimum Gasteiger partial charge on any atom is -0.353 e. The third-order valence-electron chi connectivity index (χ3n) is 4.26. The molecule has 0 radical (unpaired) electrons. The molecule has 1 aliphatic rings. The summed E-state index contributed by atoms with van der Waals surface area (Å²) in [4.78, 5) is 11.7. The summed E-state index contributed by atoms with van der Waals surface area (Å²) in [5.41, 5.74) is 0.728. The van der Waals surface area contributed by atoms with Gasteiger partial charge in [-0.1, -0.05) is 30.3 Å². The molecule has 0 heterocycles. The van der Waals surface area contributed by atoms with Crippen LogP contribution in [0.15, 0.2) is 30.3 Å². The quantitative estimate of drug-likeness (QED) is 0.604. The summed E-state index contributed by atoms with van der Waals surface area (Å²) >= 11 is 0. The van der Waals surface area contributed by atoms with Crippen molar-refractivity contribution in [2.45, 2.75) is 43.8 Å². The van der Waals surface area contributed by atoms with Crippen molar-refractivity contribution < 1.29 is 14.3 Å². The zero-order chi connectivity index (χ0) is 13.8. The molecule has 19 heavy (non-hydrogen) atoms. The number of carbonyl (C=O) groups is 1. The predicted octanol–water partition coefficient (Wildman–Crippen LogP) is 3.08. The highest BCUT2D eigenvalue weighted by atomic mass is 16.7. The Morgan fingerprint density at radius 2 is 1.79 bits per heavy atom. The topological polar surface area (TPSA) is 35.5 Å². The Hall–Kier alpha value is -1.19. The normalized spacial score (nSPS) is 31.1. The molecule has 0 bridgehead atoms. The fraction of sp³-hybridized carbons (Fsp3) is 0.562. The van der Waals surface area contributed by atoms with Gasteiger partial charge in [-0.15, -0.1) is 0 Å². The van der Waals surface area contributed by atoms with E-state index < -0.39 is 5.79 Å². The van der Waals surface area contributed by atoms with E-state index in [9.17, 15) is 4.79 Å². The van der Waals surface area contributed by atoms with Crippen LogP contribution >= 0.6 is 0 Å². The van der Waals surface area contributed by atoms with Crippen LogP contribution in [0.1, 0.15) is 38.2 Å². The largest absolute Gasteiger partial charge is 0.353 e. The van der Waals surface area contributed by atoms with Gasteiger partial charge < -0.3 is 14.3 Å². The molecular weight excluding hydrogens is 240 g/mol. The molecule has 1 fully saturated rings. The summed E-state index contributed by atoms with van der Waals surface area (Å²) in [6.45, 7) is 2.60. The highest BCUT2D eigenvalue weighted by Crippen LogP contribution is 2.43. The summed E-state index contributed by atoms with van der Waals surface area (Å²) in [5, 5.41) is 0. The monoisotopic (exact) mass is 262 g/mol. The zero-order valence-electron chi connectivity index (χ0n) is 11.7. The van der Waals surface area contributed by atoms with Gasteiger partial charge in [0.2, 0.25) is 0 Å². The van der Waals surface area contributed by atoms with E-state index in [1.165, 1.54) is 0 Å². The number of aldehydes is 1. The van der Waals surface area contributed by atoms with E-state index in [0.29, 0.717) is 6.61 Å². The van der Waals surface area contributed by atoms with Crippen LogP contribution in [0, 0.1) is 0 Å². The Morgan fingerprint density at radius 1 is 1.16 bits per heavy atom. The molecule has 104 valence electrons. The second-order valence-corrected chi connectivity index (χ2v) is 5.19. The first-order chi connectivity index (χ1) is 9.20. The number of ether oxygens (including phenoxy) is 2. The van der Waals surface area contributed by atoms with E-state index in [4.69, 9.17) is 9.47 Å². The van der Waals surface area contributed by atoms with Crippen LogP contribution in [0.4, 0.5) is 0 Å². The van der Waals surface area contributed by atoms with Crippen LogP contribution in [0.2, 0.25) is 0 Å². The molecule has 0 aliphatic heterocycles. The molecule has 3 nitrogen and oxygen atoms in total. The number of methoxy groups -OCH3 is 1. The lowest BCUT2D eigenvalue weighted by Gasteiger charge is -2.43. The Labute approximate surface area is 114 Å². The van der Waals surface area contributed by atoms with Gasteiger partial charge in [0, 0.05) is 26.6 Å². The van der Waals surface area contributed by atoms with E-state index in [2.05, 4.69) is 0 Å². The molecule has 1 saturated carbocycles. The third kappa shape index (κ3) is 2.72. The minimum atomic E-state index is -0.504.